The lowest BCUT2D eigenvalue weighted by atomic mass is 10.1. The molecule has 2 aromatic carbocycles. The maximum atomic E-state index is 12.8. The molecule has 6 nitrogen and oxygen atoms in total. The number of rotatable bonds is 4. The molecule has 0 unspecified atom stereocenters. The first kappa shape index (κ1) is 19.5. The van der Waals surface area contributed by atoms with Crippen molar-refractivity contribution in [2.45, 2.75) is 31.6 Å². The largest absolute Gasteiger partial charge is 0.321 e. The van der Waals surface area contributed by atoms with Crippen molar-refractivity contribution >= 4 is 32.5 Å². The van der Waals surface area contributed by atoms with Gasteiger partial charge in [-0.3, -0.25) is 9.78 Å². The molecule has 3 aromatic rings. The minimum atomic E-state index is -3.49. The molecule has 1 amide bonds. The van der Waals surface area contributed by atoms with Crippen LogP contribution in [-0.2, 0) is 10.0 Å². The molecule has 1 aliphatic rings. The van der Waals surface area contributed by atoms with Gasteiger partial charge in [-0.15, -0.1) is 0 Å². The summed E-state index contributed by atoms with van der Waals surface area (Å²) in [6.45, 7) is 5.11. The highest BCUT2D eigenvalue weighted by atomic mass is 32.2. The molecule has 7 heteroatoms. The van der Waals surface area contributed by atoms with Crippen LogP contribution in [0.25, 0.3) is 10.9 Å². The maximum absolute atomic E-state index is 12.8. The van der Waals surface area contributed by atoms with E-state index in [0.29, 0.717) is 24.3 Å². The second-order valence-electron chi connectivity index (χ2n) is 7.43. The van der Waals surface area contributed by atoms with Crippen LogP contribution in [0.1, 0.15) is 34.3 Å². The molecular formula is C22H23N3O3S. The van der Waals surface area contributed by atoms with Gasteiger partial charge in [-0.2, -0.15) is 4.31 Å². The van der Waals surface area contributed by atoms with Crippen molar-refractivity contribution in [3.63, 3.8) is 0 Å². The number of nitrogens with one attached hydrogen (secondary N) is 1. The summed E-state index contributed by atoms with van der Waals surface area (Å²) in [6, 6.07) is 11.9. The van der Waals surface area contributed by atoms with Crippen LogP contribution >= 0.6 is 0 Å². The number of fused-ring (bicyclic) bond motifs is 1. The van der Waals surface area contributed by atoms with Gasteiger partial charge in [-0.05, 0) is 68.7 Å². The van der Waals surface area contributed by atoms with E-state index in [0.717, 1.165) is 34.9 Å². The fourth-order valence-electron chi connectivity index (χ4n) is 3.77. The van der Waals surface area contributed by atoms with Crippen molar-refractivity contribution in [1.29, 1.82) is 0 Å². The Bertz CT molecular complexity index is 1180. The molecule has 0 radical (unpaired) electrons. The summed E-state index contributed by atoms with van der Waals surface area (Å²) in [4.78, 5) is 17.4. The fourth-order valence-corrected chi connectivity index (χ4v) is 5.29. The van der Waals surface area contributed by atoms with Crippen molar-refractivity contribution in [2.24, 2.45) is 0 Å². The molecule has 29 heavy (non-hydrogen) atoms. The Morgan fingerprint density at radius 3 is 2.41 bits per heavy atom. The Kier molecular flexibility index (Phi) is 5.10. The number of hydrogen-bond donors (Lipinski definition) is 1. The quantitative estimate of drug-likeness (QED) is 0.709. The molecule has 4 rings (SSSR count). The third-order valence-corrected chi connectivity index (χ3v) is 7.16. The highest BCUT2D eigenvalue weighted by molar-refractivity contribution is 7.89. The van der Waals surface area contributed by atoms with Crippen molar-refractivity contribution in [1.82, 2.24) is 9.29 Å². The second kappa shape index (κ2) is 7.57. The van der Waals surface area contributed by atoms with E-state index >= 15 is 0 Å². The summed E-state index contributed by atoms with van der Waals surface area (Å²) in [6.07, 6.45) is 3.45. The predicted molar refractivity (Wildman–Crippen MR) is 114 cm³/mol. The van der Waals surface area contributed by atoms with Crippen LogP contribution in [0.4, 0.5) is 5.69 Å². The lowest BCUT2D eigenvalue weighted by Crippen LogP contribution is -2.27. The van der Waals surface area contributed by atoms with Gasteiger partial charge in [-0.1, -0.05) is 11.6 Å². The van der Waals surface area contributed by atoms with Crippen molar-refractivity contribution in [3.8, 4) is 0 Å². The summed E-state index contributed by atoms with van der Waals surface area (Å²) < 4.78 is 26.8. The first-order valence-electron chi connectivity index (χ1n) is 9.64. The molecule has 0 saturated carbocycles. The zero-order valence-electron chi connectivity index (χ0n) is 16.5. The molecule has 1 aliphatic heterocycles. The number of pyridine rings is 1. The van der Waals surface area contributed by atoms with Crippen LogP contribution in [0.5, 0.6) is 0 Å². The van der Waals surface area contributed by atoms with Crippen molar-refractivity contribution in [3.05, 3.63) is 65.4 Å². The molecule has 150 valence electrons. The van der Waals surface area contributed by atoms with E-state index in [2.05, 4.69) is 16.4 Å². The van der Waals surface area contributed by atoms with Gasteiger partial charge in [0.25, 0.3) is 5.91 Å². The van der Waals surface area contributed by atoms with Crippen molar-refractivity contribution < 1.29 is 13.2 Å². The second-order valence-corrected chi connectivity index (χ2v) is 9.36. The topological polar surface area (TPSA) is 79.4 Å². The summed E-state index contributed by atoms with van der Waals surface area (Å²) >= 11 is 0. The van der Waals surface area contributed by atoms with E-state index in [1.165, 1.54) is 16.4 Å². The number of benzene rings is 2. The number of sulfonamides is 1. The summed E-state index contributed by atoms with van der Waals surface area (Å²) in [5, 5.41) is 3.81. The molecule has 0 aliphatic carbocycles. The number of amides is 1. The van der Waals surface area contributed by atoms with Gasteiger partial charge in [0.05, 0.1) is 16.1 Å². The number of nitrogens with zero attached hydrogens (tertiary/aromatic N) is 2. The molecule has 2 heterocycles. The van der Waals surface area contributed by atoms with E-state index < -0.39 is 10.0 Å². The van der Waals surface area contributed by atoms with Gasteiger partial charge in [0.15, 0.2) is 0 Å². The van der Waals surface area contributed by atoms with E-state index in [4.69, 9.17) is 0 Å². The van der Waals surface area contributed by atoms with Gasteiger partial charge in [0.2, 0.25) is 10.0 Å². The van der Waals surface area contributed by atoms with E-state index in [1.54, 1.807) is 24.4 Å². The molecular weight excluding hydrogens is 386 g/mol. The fraction of sp³-hybridized carbons (Fsp3) is 0.273. The Morgan fingerprint density at radius 2 is 1.72 bits per heavy atom. The summed E-state index contributed by atoms with van der Waals surface area (Å²) in [5.41, 5.74) is 4.07. The third-order valence-electron chi connectivity index (χ3n) is 5.25. The number of aryl methyl sites for hydroxylation is 2. The van der Waals surface area contributed by atoms with Crippen LogP contribution in [0.15, 0.2) is 53.6 Å². The van der Waals surface area contributed by atoms with Crippen LogP contribution in [0, 0.1) is 13.8 Å². The predicted octanol–water partition coefficient (Wildman–Crippen LogP) is 3.89. The number of carbonyl (C=O) groups excluding carboxylic acids is 1. The molecule has 1 N–H and O–H groups in total. The smallest absolute Gasteiger partial charge is 0.255 e. The minimum Gasteiger partial charge on any atom is -0.321 e. The molecule has 0 atom stereocenters. The number of aromatic nitrogens is 1. The van der Waals surface area contributed by atoms with Crippen LogP contribution in [0.3, 0.4) is 0 Å². The Labute approximate surface area is 170 Å². The first-order chi connectivity index (χ1) is 13.9. The zero-order chi connectivity index (χ0) is 20.6. The SMILES string of the molecule is Cc1cc(C)c2nccc(NC(=O)c3ccc(S(=O)(=O)N4CCCC4)cc3)c2c1. The highest BCUT2D eigenvalue weighted by Crippen LogP contribution is 2.26. The van der Waals surface area contributed by atoms with Crippen molar-refractivity contribution in [2.75, 3.05) is 18.4 Å². The average molecular weight is 410 g/mol. The van der Waals surface area contributed by atoms with Crippen LogP contribution in [0.2, 0.25) is 0 Å². The maximum Gasteiger partial charge on any atom is 0.255 e. The van der Waals surface area contributed by atoms with Gasteiger partial charge in [0.1, 0.15) is 0 Å². The first-order valence-corrected chi connectivity index (χ1v) is 11.1. The molecule has 1 fully saturated rings. The van der Waals surface area contributed by atoms with Crippen LogP contribution in [-0.4, -0.2) is 36.7 Å². The Balaban J connectivity index is 1.59. The summed E-state index contributed by atoms with van der Waals surface area (Å²) in [7, 11) is -3.49. The Hall–Kier alpha value is -2.77. The third kappa shape index (κ3) is 3.75. The molecule has 1 aromatic heterocycles. The lowest BCUT2D eigenvalue weighted by Gasteiger charge is -2.15. The molecule has 0 bridgehead atoms. The normalized spacial score (nSPS) is 15.0. The number of carbonyl (C=O) groups is 1. The zero-order valence-corrected chi connectivity index (χ0v) is 17.3. The standard InChI is InChI=1S/C22H23N3O3S/c1-15-13-16(2)21-19(14-15)20(9-10-23-21)24-22(26)17-5-7-18(8-6-17)29(27,28)25-11-3-4-12-25/h5-10,13-14H,3-4,11-12H2,1-2H3,(H,23,24,26). The highest BCUT2D eigenvalue weighted by Gasteiger charge is 2.27. The summed E-state index contributed by atoms with van der Waals surface area (Å²) in [5.74, 6) is -0.290. The van der Waals surface area contributed by atoms with Gasteiger partial charge in [0, 0.05) is 30.2 Å². The van der Waals surface area contributed by atoms with E-state index in [-0.39, 0.29) is 10.8 Å². The average Bonchev–Trinajstić information content (AvgIpc) is 3.24. The molecule has 0 spiro atoms. The van der Waals surface area contributed by atoms with Gasteiger partial charge < -0.3 is 5.32 Å². The van der Waals surface area contributed by atoms with Crippen LogP contribution < -0.4 is 5.32 Å². The van der Waals surface area contributed by atoms with E-state index in [1.807, 2.05) is 19.9 Å². The van der Waals surface area contributed by atoms with Gasteiger partial charge >= 0.3 is 0 Å². The van der Waals surface area contributed by atoms with Gasteiger partial charge in [-0.25, -0.2) is 8.42 Å². The lowest BCUT2D eigenvalue weighted by molar-refractivity contribution is 0.102. The molecule has 1 saturated heterocycles. The minimum absolute atomic E-state index is 0.219. The number of hydrogen-bond acceptors (Lipinski definition) is 4. The number of anilines is 1. The van der Waals surface area contributed by atoms with E-state index in [9.17, 15) is 13.2 Å². The Morgan fingerprint density at radius 1 is 1.03 bits per heavy atom. The monoisotopic (exact) mass is 409 g/mol.